The van der Waals surface area contributed by atoms with E-state index in [-0.39, 0.29) is 6.42 Å². The van der Waals surface area contributed by atoms with Crippen molar-refractivity contribution in [1.29, 1.82) is 0 Å². The average Bonchev–Trinajstić information content (AvgIpc) is 2.15. The first kappa shape index (κ1) is 9.93. The largest absolute Gasteiger partial charge is 0.481 e. The minimum atomic E-state index is -1.24. The minimum absolute atomic E-state index is 0.252. The van der Waals surface area contributed by atoms with E-state index in [1.165, 1.54) is 0 Å². The topological polar surface area (TPSA) is 57.5 Å². The standard InChI is InChI=1S/C12H12O3/c13-11(14)8-12(15)6-5-9-3-1-2-4-10(9)7-12/h1-6,15H,7-8H2,(H,13,14). The van der Waals surface area contributed by atoms with Gasteiger partial charge in [-0.05, 0) is 11.1 Å². The molecule has 0 bridgehead atoms. The zero-order valence-electron chi connectivity index (χ0n) is 8.18. The number of aliphatic hydroxyl groups is 1. The molecule has 1 unspecified atom stereocenters. The Morgan fingerprint density at radius 3 is 2.87 bits per heavy atom. The van der Waals surface area contributed by atoms with E-state index >= 15 is 0 Å². The SMILES string of the molecule is O=C(O)CC1(O)C=Cc2ccccc2C1. The monoisotopic (exact) mass is 204 g/mol. The first-order chi connectivity index (χ1) is 7.09. The third-order valence-corrected chi connectivity index (χ3v) is 2.58. The first-order valence-corrected chi connectivity index (χ1v) is 4.80. The van der Waals surface area contributed by atoms with Crippen LogP contribution in [-0.4, -0.2) is 21.8 Å². The highest BCUT2D eigenvalue weighted by molar-refractivity contribution is 5.70. The number of carboxylic acids is 1. The third-order valence-electron chi connectivity index (χ3n) is 2.58. The molecule has 0 saturated carbocycles. The Morgan fingerprint density at radius 2 is 2.13 bits per heavy atom. The minimum Gasteiger partial charge on any atom is -0.481 e. The molecule has 0 spiro atoms. The molecular formula is C12H12O3. The van der Waals surface area contributed by atoms with E-state index in [2.05, 4.69) is 0 Å². The lowest BCUT2D eigenvalue weighted by molar-refractivity contribution is -0.140. The summed E-state index contributed by atoms with van der Waals surface area (Å²) in [4.78, 5) is 10.6. The van der Waals surface area contributed by atoms with Crippen LogP contribution in [0.25, 0.3) is 6.08 Å². The van der Waals surface area contributed by atoms with E-state index in [1.54, 1.807) is 12.2 Å². The van der Waals surface area contributed by atoms with Crippen LogP contribution >= 0.6 is 0 Å². The van der Waals surface area contributed by atoms with Gasteiger partial charge in [-0.15, -0.1) is 0 Å². The van der Waals surface area contributed by atoms with Crippen molar-refractivity contribution in [2.45, 2.75) is 18.4 Å². The summed E-state index contributed by atoms with van der Waals surface area (Å²) in [6.45, 7) is 0. The highest BCUT2D eigenvalue weighted by Crippen LogP contribution is 2.27. The fourth-order valence-corrected chi connectivity index (χ4v) is 1.87. The molecule has 3 heteroatoms. The molecule has 0 aromatic heterocycles. The van der Waals surface area contributed by atoms with Crippen LogP contribution in [0, 0.1) is 0 Å². The zero-order valence-corrected chi connectivity index (χ0v) is 8.18. The Hall–Kier alpha value is -1.61. The summed E-state index contributed by atoms with van der Waals surface area (Å²) in [5.74, 6) is -0.985. The van der Waals surface area contributed by atoms with Crippen molar-refractivity contribution in [1.82, 2.24) is 0 Å². The number of rotatable bonds is 2. The van der Waals surface area contributed by atoms with Gasteiger partial charge >= 0.3 is 5.97 Å². The van der Waals surface area contributed by atoms with E-state index in [9.17, 15) is 9.90 Å². The van der Waals surface area contributed by atoms with E-state index in [1.807, 2.05) is 24.3 Å². The van der Waals surface area contributed by atoms with Crippen LogP contribution < -0.4 is 0 Å². The van der Waals surface area contributed by atoms with Gasteiger partial charge < -0.3 is 10.2 Å². The van der Waals surface area contributed by atoms with Gasteiger partial charge in [-0.2, -0.15) is 0 Å². The van der Waals surface area contributed by atoms with Gasteiger partial charge in [-0.25, -0.2) is 0 Å². The van der Waals surface area contributed by atoms with Crippen molar-refractivity contribution < 1.29 is 15.0 Å². The molecule has 78 valence electrons. The number of fused-ring (bicyclic) bond motifs is 1. The van der Waals surface area contributed by atoms with Crippen molar-refractivity contribution in [3.63, 3.8) is 0 Å². The smallest absolute Gasteiger partial charge is 0.306 e. The molecular weight excluding hydrogens is 192 g/mol. The maximum absolute atomic E-state index is 10.6. The molecule has 1 aliphatic rings. The van der Waals surface area contributed by atoms with Crippen molar-refractivity contribution in [2.24, 2.45) is 0 Å². The Labute approximate surface area is 87.7 Å². The highest BCUT2D eigenvalue weighted by Gasteiger charge is 2.30. The van der Waals surface area contributed by atoms with Gasteiger partial charge in [0.15, 0.2) is 0 Å². The van der Waals surface area contributed by atoms with Crippen LogP contribution in [0.5, 0.6) is 0 Å². The summed E-state index contributed by atoms with van der Waals surface area (Å²) >= 11 is 0. The van der Waals surface area contributed by atoms with Gasteiger partial charge in [0, 0.05) is 6.42 Å². The molecule has 1 aliphatic carbocycles. The molecule has 0 fully saturated rings. The van der Waals surface area contributed by atoms with E-state index in [0.717, 1.165) is 11.1 Å². The van der Waals surface area contributed by atoms with Crippen molar-refractivity contribution in [3.05, 3.63) is 41.5 Å². The number of hydrogen-bond acceptors (Lipinski definition) is 2. The predicted octanol–water partition coefficient (Wildman–Crippen LogP) is 1.46. The highest BCUT2D eigenvalue weighted by atomic mass is 16.4. The van der Waals surface area contributed by atoms with Crippen LogP contribution in [0.3, 0.4) is 0 Å². The van der Waals surface area contributed by atoms with Gasteiger partial charge in [0.1, 0.15) is 0 Å². The average molecular weight is 204 g/mol. The lowest BCUT2D eigenvalue weighted by Gasteiger charge is -2.27. The molecule has 1 aromatic rings. The maximum Gasteiger partial charge on any atom is 0.306 e. The lowest BCUT2D eigenvalue weighted by Crippen LogP contribution is -2.33. The zero-order chi connectivity index (χ0) is 10.9. The number of carboxylic acid groups (broad SMARTS) is 1. The van der Waals surface area contributed by atoms with Gasteiger partial charge in [0.25, 0.3) is 0 Å². The Bertz CT molecular complexity index is 423. The summed E-state index contributed by atoms with van der Waals surface area (Å²) in [5, 5.41) is 18.7. The quantitative estimate of drug-likeness (QED) is 0.766. The van der Waals surface area contributed by atoms with E-state index < -0.39 is 11.6 Å². The van der Waals surface area contributed by atoms with Crippen LogP contribution in [-0.2, 0) is 11.2 Å². The Morgan fingerprint density at radius 1 is 1.40 bits per heavy atom. The lowest BCUT2D eigenvalue weighted by atomic mass is 9.84. The summed E-state index contributed by atoms with van der Waals surface area (Å²) in [5.41, 5.74) is 0.802. The molecule has 0 saturated heterocycles. The molecule has 0 heterocycles. The molecule has 0 amide bonds. The molecule has 3 nitrogen and oxygen atoms in total. The first-order valence-electron chi connectivity index (χ1n) is 4.80. The molecule has 0 aliphatic heterocycles. The van der Waals surface area contributed by atoms with Crippen molar-refractivity contribution >= 4 is 12.0 Å². The van der Waals surface area contributed by atoms with Crippen molar-refractivity contribution in [2.75, 3.05) is 0 Å². The Kier molecular flexibility index (Phi) is 2.32. The summed E-state index contributed by atoms with van der Waals surface area (Å²) in [7, 11) is 0. The Balaban J connectivity index is 2.28. The number of aliphatic carboxylic acids is 1. The van der Waals surface area contributed by atoms with Crippen LogP contribution in [0.15, 0.2) is 30.3 Å². The molecule has 1 aromatic carbocycles. The van der Waals surface area contributed by atoms with Crippen LogP contribution in [0.2, 0.25) is 0 Å². The number of hydrogen-bond donors (Lipinski definition) is 2. The maximum atomic E-state index is 10.6. The van der Waals surface area contributed by atoms with E-state index in [4.69, 9.17) is 5.11 Å². The molecule has 2 N–H and O–H groups in total. The fourth-order valence-electron chi connectivity index (χ4n) is 1.87. The summed E-state index contributed by atoms with van der Waals surface area (Å²) in [6, 6.07) is 7.67. The van der Waals surface area contributed by atoms with E-state index in [0.29, 0.717) is 6.42 Å². The van der Waals surface area contributed by atoms with Crippen molar-refractivity contribution in [3.8, 4) is 0 Å². The summed E-state index contributed by atoms with van der Waals surface area (Å²) in [6.07, 6.45) is 3.47. The summed E-state index contributed by atoms with van der Waals surface area (Å²) < 4.78 is 0. The number of carbonyl (C=O) groups is 1. The molecule has 1 atom stereocenters. The number of benzene rings is 1. The van der Waals surface area contributed by atoms with Gasteiger partial charge in [0.2, 0.25) is 0 Å². The van der Waals surface area contributed by atoms with Gasteiger partial charge in [0.05, 0.1) is 12.0 Å². The second-order valence-electron chi connectivity index (χ2n) is 3.88. The second kappa shape index (κ2) is 3.51. The fraction of sp³-hybridized carbons (Fsp3) is 0.250. The van der Waals surface area contributed by atoms with Crippen LogP contribution in [0.1, 0.15) is 17.5 Å². The van der Waals surface area contributed by atoms with Gasteiger partial charge in [-0.3, -0.25) is 4.79 Å². The molecule has 15 heavy (non-hydrogen) atoms. The molecule has 0 radical (unpaired) electrons. The van der Waals surface area contributed by atoms with Crippen LogP contribution in [0.4, 0.5) is 0 Å². The third kappa shape index (κ3) is 2.07. The predicted molar refractivity (Wildman–Crippen MR) is 56.4 cm³/mol. The molecule has 2 rings (SSSR count). The normalized spacial score (nSPS) is 23.5. The second-order valence-corrected chi connectivity index (χ2v) is 3.88. The van der Waals surface area contributed by atoms with Gasteiger partial charge in [-0.1, -0.05) is 36.4 Å².